The van der Waals surface area contributed by atoms with Crippen LogP contribution in [0.15, 0.2) is 18.2 Å². The van der Waals surface area contributed by atoms with E-state index < -0.39 is 5.91 Å². The van der Waals surface area contributed by atoms with Gasteiger partial charge >= 0.3 is 0 Å². The molecule has 0 radical (unpaired) electrons. The standard InChI is InChI=1S/C13H19N3O2/c14-13(17)11-4-1-5-12(16-11)15-7-6-10-3-2-8-18-9-10/h1,4-5,10H,2-3,6-9H2,(H2,14,17)(H,15,16)/t10-/m1/s1. The van der Waals surface area contributed by atoms with Gasteiger partial charge in [-0.25, -0.2) is 4.98 Å². The van der Waals surface area contributed by atoms with Gasteiger partial charge in [0.1, 0.15) is 11.5 Å². The van der Waals surface area contributed by atoms with E-state index in [0.717, 1.165) is 32.6 Å². The second-order valence-corrected chi connectivity index (χ2v) is 4.57. The zero-order chi connectivity index (χ0) is 12.8. The van der Waals surface area contributed by atoms with E-state index in [9.17, 15) is 4.79 Å². The molecule has 0 spiro atoms. The molecule has 0 unspecified atom stereocenters. The van der Waals surface area contributed by atoms with E-state index in [-0.39, 0.29) is 0 Å². The van der Waals surface area contributed by atoms with Crippen LogP contribution in [0.2, 0.25) is 0 Å². The van der Waals surface area contributed by atoms with Crippen LogP contribution in [0, 0.1) is 5.92 Å². The number of hydrogen-bond acceptors (Lipinski definition) is 4. The van der Waals surface area contributed by atoms with Gasteiger partial charge in [-0.2, -0.15) is 0 Å². The molecule has 1 aromatic heterocycles. The molecule has 5 heteroatoms. The van der Waals surface area contributed by atoms with Gasteiger partial charge in [0, 0.05) is 19.8 Å². The molecule has 1 atom stereocenters. The summed E-state index contributed by atoms with van der Waals surface area (Å²) in [4.78, 5) is 15.1. The maximum Gasteiger partial charge on any atom is 0.267 e. The Bertz CT molecular complexity index is 403. The minimum absolute atomic E-state index is 0.293. The van der Waals surface area contributed by atoms with Crippen LogP contribution >= 0.6 is 0 Å². The van der Waals surface area contributed by atoms with Gasteiger partial charge in [0.25, 0.3) is 5.91 Å². The smallest absolute Gasteiger partial charge is 0.267 e. The Kier molecular flexibility index (Phi) is 4.52. The lowest BCUT2D eigenvalue weighted by Crippen LogP contribution is -2.20. The Balaban J connectivity index is 1.78. The van der Waals surface area contributed by atoms with Gasteiger partial charge in [0.2, 0.25) is 0 Å². The zero-order valence-electron chi connectivity index (χ0n) is 10.4. The van der Waals surface area contributed by atoms with E-state index in [1.54, 1.807) is 12.1 Å². The topological polar surface area (TPSA) is 77.2 Å². The van der Waals surface area contributed by atoms with Gasteiger partial charge in [-0.1, -0.05) is 6.07 Å². The van der Waals surface area contributed by atoms with Crippen LogP contribution in [0.4, 0.5) is 5.82 Å². The van der Waals surface area contributed by atoms with Gasteiger partial charge in [-0.05, 0) is 37.3 Å². The van der Waals surface area contributed by atoms with Gasteiger partial charge in [0.05, 0.1) is 0 Å². The first kappa shape index (κ1) is 12.8. The predicted octanol–water partition coefficient (Wildman–Crippen LogP) is 1.41. The number of primary amides is 1. The Hall–Kier alpha value is -1.62. The molecular formula is C13H19N3O2. The first-order valence-electron chi connectivity index (χ1n) is 6.34. The number of aromatic nitrogens is 1. The van der Waals surface area contributed by atoms with Gasteiger partial charge < -0.3 is 15.8 Å². The van der Waals surface area contributed by atoms with Crippen LogP contribution in [0.1, 0.15) is 29.8 Å². The van der Waals surface area contributed by atoms with E-state index in [2.05, 4.69) is 10.3 Å². The second-order valence-electron chi connectivity index (χ2n) is 4.57. The number of nitrogens with one attached hydrogen (secondary N) is 1. The number of carbonyl (C=O) groups excluding carboxylic acids is 1. The molecule has 1 aliphatic rings. The zero-order valence-corrected chi connectivity index (χ0v) is 10.4. The van der Waals surface area contributed by atoms with Crippen molar-refractivity contribution in [3.05, 3.63) is 23.9 Å². The summed E-state index contributed by atoms with van der Waals surface area (Å²) in [6.07, 6.45) is 3.44. The monoisotopic (exact) mass is 249 g/mol. The number of carbonyl (C=O) groups is 1. The van der Waals surface area contributed by atoms with Crippen molar-refractivity contribution in [2.45, 2.75) is 19.3 Å². The lowest BCUT2D eigenvalue weighted by atomic mass is 9.99. The molecule has 0 saturated carbocycles. The minimum Gasteiger partial charge on any atom is -0.381 e. The molecule has 1 fully saturated rings. The largest absolute Gasteiger partial charge is 0.381 e. The van der Waals surface area contributed by atoms with E-state index in [0.29, 0.717) is 17.4 Å². The second kappa shape index (κ2) is 6.35. The lowest BCUT2D eigenvalue weighted by molar-refractivity contribution is 0.0530. The molecule has 1 amide bonds. The van der Waals surface area contributed by atoms with Crippen molar-refractivity contribution in [3.8, 4) is 0 Å². The number of rotatable bonds is 5. The summed E-state index contributed by atoms with van der Waals surface area (Å²) in [7, 11) is 0. The summed E-state index contributed by atoms with van der Waals surface area (Å²) in [5, 5.41) is 3.21. The first-order valence-corrected chi connectivity index (χ1v) is 6.34. The molecule has 98 valence electrons. The third-order valence-electron chi connectivity index (χ3n) is 3.11. The fourth-order valence-corrected chi connectivity index (χ4v) is 2.11. The first-order chi connectivity index (χ1) is 8.75. The van der Waals surface area contributed by atoms with Gasteiger partial charge in [0.15, 0.2) is 0 Å². The van der Waals surface area contributed by atoms with Crippen LogP contribution < -0.4 is 11.1 Å². The lowest BCUT2D eigenvalue weighted by Gasteiger charge is -2.22. The molecule has 0 bridgehead atoms. The quantitative estimate of drug-likeness (QED) is 0.827. The maximum atomic E-state index is 11.0. The Morgan fingerprint density at radius 2 is 2.44 bits per heavy atom. The highest BCUT2D eigenvalue weighted by Crippen LogP contribution is 2.17. The highest BCUT2D eigenvalue weighted by molar-refractivity contribution is 5.91. The minimum atomic E-state index is -0.501. The van der Waals surface area contributed by atoms with Gasteiger partial charge in [-0.15, -0.1) is 0 Å². The number of pyridine rings is 1. The maximum absolute atomic E-state index is 11.0. The average Bonchev–Trinajstić information content (AvgIpc) is 2.40. The summed E-state index contributed by atoms with van der Waals surface area (Å²) < 4.78 is 5.43. The number of ether oxygens (including phenoxy) is 1. The summed E-state index contributed by atoms with van der Waals surface area (Å²) >= 11 is 0. The van der Waals surface area contributed by atoms with Crippen molar-refractivity contribution >= 4 is 11.7 Å². The number of hydrogen-bond donors (Lipinski definition) is 2. The van der Waals surface area contributed by atoms with E-state index in [1.807, 2.05) is 6.07 Å². The van der Waals surface area contributed by atoms with E-state index in [1.165, 1.54) is 6.42 Å². The molecule has 18 heavy (non-hydrogen) atoms. The van der Waals surface area contributed by atoms with E-state index in [4.69, 9.17) is 10.5 Å². The fraction of sp³-hybridized carbons (Fsp3) is 0.538. The van der Waals surface area contributed by atoms with Crippen LogP contribution in [-0.2, 0) is 4.74 Å². The van der Waals surface area contributed by atoms with Crippen LogP contribution in [0.5, 0.6) is 0 Å². The molecular weight excluding hydrogens is 230 g/mol. The summed E-state index contributed by atoms with van der Waals surface area (Å²) in [5.74, 6) is 0.827. The molecule has 1 aromatic rings. The summed E-state index contributed by atoms with van der Waals surface area (Å²) in [5.41, 5.74) is 5.48. The third-order valence-corrected chi connectivity index (χ3v) is 3.11. The highest BCUT2D eigenvalue weighted by atomic mass is 16.5. The Morgan fingerprint density at radius 1 is 1.56 bits per heavy atom. The predicted molar refractivity (Wildman–Crippen MR) is 69.4 cm³/mol. The number of amides is 1. The molecule has 3 N–H and O–H groups in total. The van der Waals surface area contributed by atoms with Crippen molar-refractivity contribution in [1.82, 2.24) is 4.98 Å². The highest BCUT2D eigenvalue weighted by Gasteiger charge is 2.13. The molecule has 1 aliphatic heterocycles. The fourth-order valence-electron chi connectivity index (χ4n) is 2.11. The van der Waals surface area contributed by atoms with Crippen LogP contribution in [0.3, 0.4) is 0 Å². The van der Waals surface area contributed by atoms with Crippen LogP contribution in [0.25, 0.3) is 0 Å². The SMILES string of the molecule is NC(=O)c1cccc(NCC[C@H]2CCCOC2)n1. The van der Waals surface area contributed by atoms with Crippen molar-refractivity contribution in [2.24, 2.45) is 11.7 Å². The van der Waals surface area contributed by atoms with Crippen molar-refractivity contribution in [3.63, 3.8) is 0 Å². The van der Waals surface area contributed by atoms with Crippen molar-refractivity contribution in [1.29, 1.82) is 0 Å². The summed E-state index contributed by atoms with van der Waals surface area (Å²) in [6, 6.07) is 5.23. The van der Waals surface area contributed by atoms with Crippen molar-refractivity contribution < 1.29 is 9.53 Å². The van der Waals surface area contributed by atoms with Gasteiger partial charge in [-0.3, -0.25) is 4.79 Å². The molecule has 5 nitrogen and oxygen atoms in total. The van der Waals surface area contributed by atoms with E-state index >= 15 is 0 Å². The molecule has 0 aliphatic carbocycles. The molecule has 0 aromatic carbocycles. The third kappa shape index (κ3) is 3.70. The number of nitrogens with two attached hydrogens (primary N) is 1. The normalized spacial score (nSPS) is 19.4. The number of nitrogens with zero attached hydrogens (tertiary/aromatic N) is 1. The molecule has 2 rings (SSSR count). The van der Waals surface area contributed by atoms with Crippen molar-refractivity contribution in [2.75, 3.05) is 25.1 Å². The molecule has 2 heterocycles. The average molecular weight is 249 g/mol. The Morgan fingerprint density at radius 3 is 3.17 bits per heavy atom. The number of anilines is 1. The Labute approximate surface area is 107 Å². The van der Waals surface area contributed by atoms with Crippen LogP contribution in [-0.4, -0.2) is 30.6 Å². The summed E-state index contributed by atoms with van der Waals surface area (Å²) in [6.45, 7) is 2.59. The molecule has 1 saturated heterocycles.